The van der Waals surface area contributed by atoms with Crippen molar-refractivity contribution in [2.45, 2.75) is 82.8 Å². The van der Waals surface area contributed by atoms with Gasteiger partial charge in [0.05, 0.1) is 12.1 Å². The SMILES string of the molecule is Cc1cc(CC(=O)Nc2cc([C@H]3CCCC(OC(=O)NC4(C)CC4)CC3)[nH]n2)on1. The molecule has 9 heteroatoms. The Morgan fingerprint density at radius 2 is 2.10 bits per heavy atom. The number of anilines is 1. The van der Waals surface area contributed by atoms with Crippen molar-refractivity contribution in [3.05, 3.63) is 29.3 Å². The average Bonchev–Trinajstić information content (AvgIpc) is 3.09. The molecule has 1 unspecified atom stereocenters. The molecule has 30 heavy (non-hydrogen) atoms. The van der Waals surface area contributed by atoms with Gasteiger partial charge in [-0.1, -0.05) is 5.16 Å². The van der Waals surface area contributed by atoms with Crippen molar-refractivity contribution in [3.8, 4) is 0 Å². The van der Waals surface area contributed by atoms with E-state index in [2.05, 4.69) is 26.0 Å². The second-order valence-corrected chi connectivity index (χ2v) is 8.79. The second-order valence-electron chi connectivity index (χ2n) is 8.79. The van der Waals surface area contributed by atoms with Crippen LogP contribution in [0.3, 0.4) is 0 Å². The molecule has 2 amide bonds. The molecule has 0 aromatic carbocycles. The van der Waals surface area contributed by atoms with Crippen LogP contribution in [0.15, 0.2) is 16.7 Å². The van der Waals surface area contributed by atoms with E-state index < -0.39 is 0 Å². The van der Waals surface area contributed by atoms with Gasteiger partial charge in [-0.2, -0.15) is 5.10 Å². The van der Waals surface area contributed by atoms with Crippen molar-refractivity contribution in [2.75, 3.05) is 5.32 Å². The summed E-state index contributed by atoms with van der Waals surface area (Å²) in [5.74, 6) is 1.13. The number of amides is 2. The second kappa shape index (κ2) is 8.49. The highest BCUT2D eigenvalue weighted by Gasteiger charge is 2.39. The number of hydrogen-bond acceptors (Lipinski definition) is 6. The lowest BCUT2D eigenvalue weighted by atomic mass is 9.97. The zero-order valence-corrected chi connectivity index (χ0v) is 17.5. The van der Waals surface area contributed by atoms with Gasteiger partial charge in [0.25, 0.3) is 0 Å². The lowest BCUT2D eigenvalue weighted by Gasteiger charge is -2.18. The van der Waals surface area contributed by atoms with Crippen molar-refractivity contribution in [2.24, 2.45) is 0 Å². The highest BCUT2D eigenvalue weighted by atomic mass is 16.6. The van der Waals surface area contributed by atoms with Gasteiger partial charge in [-0.3, -0.25) is 9.89 Å². The smallest absolute Gasteiger partial charge is 0.407 e. The molecule has 2 saturated carbocycles. The molecule has 0 spiro atoms. The molecule has 0 saturated heterocycles. The van der Waals surface area contributed by atoms with Gasteiger partial charge in [0, 0.05) is 29.3 Å². The predicted octanol–water partition coefficient (Wildman–Crippen LogP) is 3.58. The van der Waals surface area contributed by atoms with Crippen molar-refractivity contribution in [3.63, 3.8) is 0 Å². The Balaban J connectivity index is 1.26. The summed E-state index contributed by atoms with van der Waals surface area (Å²) >= 11 is 0. The molecule has 0 aliphatic heterocycles. The maximum atomic E-state index is 12.2. The van der Waals surface area contributed by atoms with E-state index in [1.807, 2.05) is 19.9 Å². The van der Waals surface area contributed by atoms with Gasteiger partial charge in [0.2, 0.25) is 5.91 Å². The van der Waals surface area contributed by atoms with Crippen LogP contribution in [0.4, 0.5) is 10.6 Å². The topological polar surface area (TPSA) is 122 Å². The first-order chi connectivity index (χ1) is 14.4. The molecule has 162 valence electrons. The number of rotatable bonds is 6. The fraction of sp³-hybridized carbons (Fsp3) is 0.619. The molecule has 3 N–H and O–H groups in total. The van der Waals surface area contributed by atoms with Gasteiger partial charge in [-0.15, -0.1) is 0 Å². The van der Waals surface area contributed by atoms with Crippen molar-refractivity contribution in [1.82, 2.24) is 20.7 Å². The van der Waals surface area contributed by atoms with Crippen LogP contribution < -0.4 is 10.6 Å². The summed E-state index contributed by atoms with van der Waals surface area (Å²) in [4.78, 5) is 24.2. The fourth-order valence-corrected chi connectivity index (χ4v) is 3.89. The number of aromatic amines is 1. The highest BCUT2D eigenvalue weighted by molar-refractivity contribution is 5.91. The Bertz CT molecular complexity index is 901. The van der Waals surface area contributed by atoms with E-state index in [9.17, 15) is 9.59 Å². The quantitative estimate of drug-likeness (QED) is 0.620. The summed E-state index contributed by atoms with van der Waals surface area (Å²) in [6.45, 7) is 3.85. The maximum absolute atomic E-state index is 12.2. The standard InChI is InChI=1S/C21H29N5O4/c1-13-10-16(30-26-13)11-19(27)22-18-12-17(24-25-18)14-4-3-5-15(7-6-14)29-20(28)23-21(2)8-9-21/h10,12,14-15H,3-9,11H2,1-2H3,(H,23,28)(H2,22,24,25,27)/t14-,15?/m0/s1. The summed E-state index contributed by atoms with van der Waals surface area (Å²) in [5.41, 5.74) is 1.68. The maximum Gasteiger partial charge on any atom is 0.407 e. The van der Waals surface area contributed by atoms with Crippen LogP contribution in [0.5, 0.6) is 0 Å². The van der Waals surface area contributed by atoms with E-state index >= 15 is 0 Å². The molecule has 2 aromatic rings. The predicted molar refractivity (Wildman–Crippen MR) is 109 cm³/mol. The number of alkyl carbamates (subject to hydrolysis) is 1. The molecule has 0 bridgehead atoms. The van der Waals surface area contributed by atoms with Crippen molar-refractivity contribution in [1.29, 1.82) is 0 Å². The Morgan fingerprint density at radius 1 is 1.27 bits per heavy atom. The molecule has 2 aromatic heterocycles. The Kier molecular flexibility index (Phi) is 5.78. The number of aryl methyl sites for hydroxylation is 1. The Labute approximate surface area is 175 Å². The lowest BCUT2D eigenvalue weighted by Crippen LogP contribution is -2.36. The number of nitrogens with one attached hydrogen (secondary N) is 3. The van der Waals surface area contributed by atoms with Crippen LogP contribution in [-0.2, 0) is 16.0 Å². The first kappa shape index (κ1) is 20.4. The van der Waals surface area contributed by atoms with E-state index in [4.69, 9.17) is 9.26 Å². The Morgan fingerprint density at radius 3 is 2.83 bits per heavy atom. The third-order valence-corrected chi connectivity index (χ3v) is 5.91. The van der Waals surface area contributed by atoms with Crippen molar-refractivity contribution >= 4 is 17.8 Å². The third-order valence-electron chi connectivity index (χ3n) is 5.91. The number of H-pyrrole nitrogens is 1. The minimum Gasteiger partial charge on any atom is -0.446 e. The van der Waals surface area contributed by atoms with Crippen LogP contribution >= 0.6 is 0 Å². The van der Waals surface area contributed by atoms with E-state index in [0.717, 1.165) is 56.3 Å². The van der Waals surface area contributed by atoms with Gasteiger partial charge < -0.3 is 19.9 Å². The first-order valence-electron chi connectivity index (χ1n) is 10.6. The molecule has 9 nitrogen and oxygen atoms in total. The third kappa shape index (κ3) is 5.40. The number of carbonyl (C=O) groups is 2. The van der Waals surface area contributed by atoms with E-state index in [1.54, 1.807) is 6.07 Å². The van der Waals surface area contributed by atoms with Gasteiger partial charge >= 0.3 is 6.09 Å². The van der Waals surface area contributed by atoms with Crippen LogP contribution in [-0.4, -0.2) is 39.0 Å². The van der Waals surface area contributed by atoms with E-state index in [-0.39, 0.29) is 30.1 Å². The van der Waals surface area contributed by atoms with Crippen LogP contribution in [0.2, 0.25) is 0 Å². The fourth-order valence-electron chi connectivity index (χ4n) is 3.89. The van der Waals surface area contributed by atoms with Crippen LogP contribution in [0, 0.1) is 6.92 Å². The molecule has 0 radical (unpaired) electrons. The first-order valence-corrected chi connectivity index (χ1v) is 10.6. The highest BCUT2D eigenvalue weighted by Crippen LogP contribution is 2.35. The van der Waals surface area contributed by atoms with Gasteiger partial charge in [-0.25, -0.2) is 4.79 Å². The van der Waals surface area contributed by atoms with Gasteiger partial charge in [0.1, 0.15) is 11.9 Å². The average molecular weight is 415 g/mol. The Hall–Kier alpha value is -2.84. The largest absolute Gasteiger partial charge is 0.446 e. The molecule has 4 rings (SSSR count). The molecular formula is C21H29N5O4. The number of aromatic nitrogens is 3. The number of nitrogens with zero attached hydrogens (tertiary/aromatic N) is 2. The van der Waals surface area contributed by atoms with Crippen molar-refractivity contribution < 1.29 is 18.8 Å². The molecular weight excluding hydrogens is 386 g/mol. The molecule has 2 fully saturated rings. The molecule has 2 atom stereocenters. The molecule has 2 aliphatic rings. The summed E-state index contributed by atoms with van der Waals surface area (Å²) in [7, 11) is 0. The summed E-state index contributed by atoms with van der Waals surface area (Å²) in [6.07, 6.45) is 6.37. The van der Waals surface area contributed by atoms with Crippen LogP contribution in [0.1, 0.15) is 74.9 Å². The molecule has 2 aliphatic carbocycles. The summed E-state index contributed by atoms with van der Waals surface area (Å²) in [6, 6.07) is 3.63. The monoisotopic (exact) mass is 415 g/mol. The van der Waals surface area contributed by atoms with Gasteiger partial charge in [-0.05, 0) is 58.8 Å². The zero-order chi connectivity index (χ0) is 21.1. The molecule has 2 heterocycles. The minimum absolute atomic E-state index is 0.0511. The van der Waals surface area contributed by atoms with Gasteiger partial charge in [0.15, 0.2) is 5.82 Å². The lowest BCUT2D eigenvalue weighted by molar-refractivity contribution is -0.115. The summed E-state index contributed by atoms with van der Waals surface area (Å²) in [5, 5.41) is 16.8. The summed E-state index contributed by atoms with van der Waals surface area (Å²) < 4.78 is 10.7. The van der Waals surface area contributed by atoms with E-state index in [0.29, 0.717) is 17.5 Å². The normalized spacial score (nSPS) is 22.7. The van der Waals surface area contributed by atoms with E-state index in [1.165, 1.54) is 0 Å². The number of hydrogen-bond donors (Lipinski definition) is 3. The van der Waals surface area contributed by atoms with Crippen LogP contribution in [0.25, 0.3) is 0 Å². The number of carbonyl (C=O) groups excluding carboxylic acids is 2. The zero-order valence-electron chi connectivity index (χ0n) is 17.5. The minimum atomic E-state index is -0.299. The number of ether oxygens (including phenoxy) is 1.